The summed E-state index contributed by atoms with van der Waals surface area (Å²) in [4.78, 5) is 18.3. The number of alkyl halides is 3. The first kappa shape index (κ1) is 21.7. The topological polar surface area (TPSA) is 48.4 Å². The number of carbonyl (C=O) groups is 1. The van der Waals surface area contributed by atoms with E-state index in [4.69, 9.17) is 9.47 Å². The van der Waals surface area contributed by atoms with Crippen molar-refractivity contribution >= 4 is 5.78 Å². The summed E-state index contributed by atoms with van der Waals surface area (Å²) in [5, 5.41) is 0. The molecule has 0 amide bonds. The maximum Gasteiger partial charge on any atom is 0.416 e. The van der Waals surface area contributed by atoms with Crippen LogP contribution in [0, 0.1) is 0 Å². The van der Waals surface area contributed by atoms with Crippen molar-refractivity contribution in [3.63, 3.8) is 0 Å². The number of ether oxygens (including phenoxy) is 2. The van der Waals surface area contributed by atoms with Gasteiger partial charge in [-0.15, -0.1) is 0 Å². The van der Waals surface area contributed by atoms with Gasteiger partial charge in [-0.25, -0.2) is 0 Å². The Labute approximate surface area is 193 Å². The van der Waals surface area contributed by atoms with Gasteiger partial charge in [0.1, 0.15) is 11.5 Å². The Hall–Kier alpha value is -4.13. The fraction of sp³-hybridized carbons (Fsp3) is 0.111. The number of carbonyl (C=O) groups excluding carboxylic acids is 1. The van der Waals surface area contributed by atoms with Crippen molar-refractivity contribution in [2.45, 2.75) is 17.9 Å². The number of aromatic nitrogens is 1. The highest BCUT2D eigenvalue weighted by atomic mass is 19.4. The molecule has 0 radical (unpaired) electrons. The Morgan fingerprint density at radius 1 is 0.853 bits per heavy atom. The standard InChI is InChI=1S/C27H18F3NO3/c28-27(29,30)19-14-15-21-22(17-19)34-26(18-9-3-1-4-10-18,23-13-7-8-16-31-23)25(24(21)32)33-20-11-5-2-6-12-20/h1-17,25H. The minimum atomic E-state index is -4.60. The Kier molecular flexibility index (Phi) is 5.32. The summed E-state index contributed by atoms with van der Waals surface area (Å²) < 4.78 is 53.0. The lowest BCUT2D eigenvalue weighted by Gasteiger charge is -2.43. The number of halogens is 3. The number of benzene rings is 3. The van der Waals surface area contributed by atoms with Gasteiger partial charge in [-0.05, 0) is 42.5 Å². The quantitative estimate of drug-likeness (QED) is 0.370. The molecule has 0 bridgehead atoms. The molecule has 2 heterocycles. The van der Waals surface area contributed by atoms with Gasteiger partial charge in [0, 0.05) is 11.8 Å². The van der Waals surface area contributed by atoms with Crippen LogP contribution in [0.5, 0.6) is 11.5 Å². The molecule has 4 aromatic rings. The number of para-hydroxylation sites is 1. The number of Topliss-reactive ketones (excluding diaryl/α,β-unsaturated/α-hetero) is 1. The molecule has 2 atom stereocenters. The summed E-state index contributed by atoms with van der Waals surface area (Å²) in [6.45, 7) is 0. The van der Waals surface area contributed by atoms with Crippen molar-refractivity contribution < 1.29 is 27.4 Å². The lowest BCUT2D eigenvalue weighted by atomic mass is 9.78. The Balaban J connectivity index is 1.78. The van der Waals surface area contributed by atoms with Gasteiger partial charge >= 0.3 is 6.18 Å². The molecule has 0 saturated carbocycles. The summed E-state index contributed by atoms with van der Waals surface area (Å²) >= 11 is 0. The summed E-state index contributed by atoms with van der Waals surface area (Å²) in [5.74, 6) is -0.272. The molecule has 1 aromatic heterocycles. The Morgan fingerprint density at radius 3 is 2.18 bits per heavy atom. The maximum atomic E-state index is 13.8. The molecule has 1 aliphatic rings. The first-order valence-electron chi connectivity index (χ1n) is 10.5. The largest absolute Gasteiger partial charge is 0.477 e. The molecule has 3 aromatic carbocycles. The number of fused-ring (bicyclic) bond motifs is 1. The molecule has 170 valence electrons. The van der Waals surface area contributed by atoms with Crippen LogP contribution in [0.15, 0.2) is 103 Å². The van der Waals surface area contributed by atoms with Crippen LogP contribution in [0.1, 0.15) is 27.2 Å². The second-order valence-electron chi connectivity index (χ2n) is 7.80. The van der Waals surface area contributed by atoms with E-state index in [9.17, 15) is 18.0 Å². The number of hydrogen-bond donors (Lipinski definition) is 0. The first-order valence-corrected chi connectivity index (χ1v) is 10.5. The van der Waals surface area contributed by atoms with Gasteiger partial charge < -0.3 is 9.47 Å². The molecular weight excluding hydrogens is 443 g/mol. The van der Waals surface area contributed by atoms with Crippen molar-refractivity contribution in [3.05, 3.63) is 126 Å². The van der Waals surface area contributed by atoms with Gasteiger partial charge in [0.25, 0.3) is 0 Å². The van der Waals surface area contributed by atoms with Crippen LogP contribution in [0.2, 0.25) is 0 Å². The molecule has 0 saturated heterocycles. The number of ketones is 1. The molecular formula is C27H18F3NO3. The number of hydrogen-bond acceptors (Lipinski definition) is 4. The molecule has 0 N–H and O–H groups in total. The summed E-state index contributed by atoms with van der Waals surface area (Å²) in [7, 11) is 0. The van der Waals surface area contributed by atoms with Crippen LogP contribution < -0.4 is 9.47 Å². The van der Waals surface area contributed by atoms with Gasteiger partial charge in [0.05, 0.1) is 16.8 Å². The monoisotopic (exact) mass is 461 g/mol. The molecule has 5 rings (SSSR count). The van der Waals surface area contributed by atoms with Crippen LogP contribution >= 0.6 is 0 Å². The van der Waals surface area contributed by atoms with Crippen LogP contribution in [0.4, 0.5) is 13.2 Å². The molecule has 4 nitrogen and oxygen atoms in total. The summed E-state index contributed by atoms with van der Waals surface area (Å²) in [6.07, 6.45) is -4.31. The number of nitrogens with zero attached hydrogens (tertiary/aromatic N) is 1. The average Bonchev–Trinajstić information content (AvgIpc) is 2.86. The van der Waals surface area contributed by atoms with E-state index in [0.29, 0.717) is 17.0 Å². The lowest BCUT2D eigenvalue weighted by molar-refractivity contribution is -0.137. The van der Waals surface area contributed by atoms with Crippen molar-refractivity contribution in [3.8, 4) is 11.5 Å². The van der Waals surface area contributed by atoms with Gasteiger partial charge in [0.2, 0.25) is 17.5 Å². The third-order valence-electron chi connectivity index (χ3n) is 5.70. The minimum Gasteiger partial charge on any atom is -0.477 e. The Morgan fingerprint density at radius 2 is 1.53 bits per heavy atom. The predicted molar refractivity (Wildman–Crippen MR) is 119 cm³/mol. The highest BCUT2D eigenvalue weighted by Gasteiger charge is 2.55. The highest BCUT2D eigenvalue weighted by Crippen LogP contribution is 2.46. The highest BCUT2D eigenvalue weighted by molar-refractivity contribution is 6.04. The van der Waals surface area contributed by atoms with Gasteiger partial charge in [-0.2, -0.15) is 13.2 Å². The van der Waals surface area contributed by atoms with E-state index >= 15 is 0 Å². The zero-order valence-electron chi connectivity index (χ0n) is 17.7. The third-order valence-corrected chi connectivity index (χ3v) is 5.70. The second kappa shape index (κ2) is 8.33. The summed E-state index contributed by atoms with van der Waals surface area (Å²) in [5.41, 5.74) is -1.68. The zero-order chi connectivity index (χ0) is 23.8. The zero-order valence-corrected chi connectivity index (χ0v) is 17.7. The average molecular weight is 461 g/mol. The van der Waals surface area contributed by atoms with E-state index in [1.54, 1.807) is 72.8 Å². The fourth-order valence-corrected chi connectivity index (χ4v) is 4.12. The molecule has 2 unspecified atom stereocenters. The number of rotatable bonds is 4. The van der Waals surface area contributed by atoms with E-state index in [-0.39, 0.29) is 11.3 Å². The molecule has 34 heavy (non-hydrogen) atoms. The minimum absolute atomic E-state index is 0.0106. The molecule has 0 fully saturated rings. The van der Waals surface area contributed by atoms with E-state index in [0.717, 1.165) is 18.2 Å². The van der Waals surface area contributed by atoms with E-state index in [1.807, 2.05) is 6.07 Å². The van der Waals surface area contributed by atoms with Crippen molar-refractivity contribution in [2.75, 3.05) is 0 Å². The van der Waals surface area contributed by atoms with Gasteiger partial charge in [-0.3, -0.25) is 9.78 Å². The van der Waals surface area contributed by atoms with E-state index in [2.05, 4.69) is 4.98 Å². The van der Waals surface area contributed by atoms with Crippen LogP contribution in [-0.2, 0) is 11.8 Å². The van der Waals surface area contributed by atoms with Crippen LogP contribution in [-0.4, -0.2) is 16.9 Å². The van der Waals surface area contributed by atoms with E-state index < -0.39 is 29.2 Å². The molecule has 7 heteroatoms. The summed E-state index contributed by atoms with van der Waals surface area (Å²) in [6, 6.07) is 25.5. The van der Waals surface area contributed by atoms with Crippen molar-refractivity contribution in [2.24, 2.45) is 0 Å². The SMILES string of the molecule is O=C1c2ccc(C(F)(F)F)cc2OC(c2ccccc2)(c2ccccn2)C1Oc1ccccc1. The number of pyridine rings is 1. The van der Waals surface area contributed by atoms with Gasteiger partial charge in [-0.1, -0.05) is 54.6 Å². The second-order valence-corrected chi connectivity index (χ2v) is 7.80. The van der Waals surface area contributed by atoms with Crippen LogP contribution in [0.25, 0.3) is 0 Å². The van der Waals surface area contributed by atoms with Crippen LogP contribution in [0.3, 0.4) is 0 Å². The predicted octanol–water partition coefficient (Wildman–Crippen LogP) is 6.07. The molecule has 0 spiro atoms. The fourth-order valence-electron chi connectivity index (χ4n) is 4.12. The molecule has 1 aliphatic heterocycles. The normalized spacial score (nSPS) is 19.7. The third kappa shape index (κ3) is 3.69. The first-order chi connectivity index (χ1) is 16.4. The Bertz CT molecular complexity index is 1270. The van der Waals surface area contributed by atoms with Crippen molar-refractivity contribution in [1.29, 1.82) is 0 Å². The lowest BCUT2D eigenvalue weighted by Crippen LogP contribution is -2.56. The van der Waals surface area contributed by atoms with E-state index in [1.165, 1.54) is 6.20 Å². The smallest absolute Gasteiger partial charge is 0.416 e. The van der Waals surface area contributed by atoms with Gasteiger partial charge in [0.15, 0.2) is 0 Å². The maximum absolute atomic E-state index is 13.8. The molecule has 0 aliphatic carbocycles. The van der Waals surface area contributed by atoms with Crippen molar-refractivity contribution in [1.82, 2.24) is 4.98 Å².